The zero-order chi connectivity index (χ0) is 10.1. The molecule has 1 aliphatic carbocycles. The molecule has 2 rings (SSSR count). The van der Waals surface area contributed by atoms with E-state index in [2.05, 4.69) is 0 Å². The Morgan fingerprint density at radius 1 is 1.36 bits per heavy atom. The van der Waals surface area contributed by atoms with Crippen molar-refractivity contribution in [2.45, 2.75) is 24.2 Å². The molecule has 3 heteroatoms. The normalized spacial score (nSPS) is 25.9. The minimum absolute atomic E-state index is 0.218. The van der Waals surface area contributed by atoms with Gasteiger partial charge in [-0.3, -0.25) is 0 Å². The van der Waals surface area contributed by atoms with Crippen LogP contribution in [0.5, 0.6) is 5.75 Å². The Labute approximate surface area is 88.0 Å². The van der Waals surface area contributed by atoms with Crippen molar-refractivity contribution in [1.29, 1.82) is 0 Å². The van der Waals surface area contributed by atoms with E-state index in [4.69, 9.17) is 0 Å². The van der Waals surface area contributed by atoms with Crippen LogP contribution in [0.3, 0.4) is 0 Å². The molecule has 0 fully saturated rings. The van der Waals surface area contributed by atoms with Crippen LogP contribution >= 0.6 is 11.8 Å². The third kappa shape index (κ3) is 1.62. The second-order valence-electron chi connectivity index (χ2n) is 3.66. The molecule has 0 bridgehead atoms. The topological polar surface area (TPSA) is 40.5 Å². The molecule has 1 aromatic rings. The van der Waals surface area contributed by atoms with Crippen LogP contribution in [-0.4, -0.2) is 27.8 Å². The highest BCUT2D eigenvalue weighted by molar-refractivity contribution is 7.99. The molecular weight excluding hydrogens is 196 g/mol. The summed E-state index contributed by atoms with van der Waals surface area (Å²) in [5, 5.41) is 19.7. The van der Waals surface area contributed by atoms with E-state index in [1.807, 2.05) is 18.4 Å². The lowest BCUT2D eigenvalue weighted by Crippen LogP contribution is -2.32. The van der Waals surface area contributed by atoms with Gasteiger partial charge in [0.15, 0.2) is 0 Å². The van der Waals surface area contributed by atoms with Crippen LogP contribution in [0.25, 0.3) is 0 Å². The lowest BCUT2D eigenvalue weighted by molar-refractivity contribution is 0.164. The Bertz CT molecular complexity index is 338. The second kappa shape index (κ2) is 3.83. The van der Waals surface area contributed by atoms with Crippen molar-refractivity contribution < 1.29 is 10.2 Å². The molecule has 2 N–H and O–H groups in total. The minimum atomic E-state index is -0.278. The van der Waals surface area contributed by atoms with E-state index in [1.54, 1.807) is 17.8 Å². The van der Waals surface area contributed by atoms with Crippen molar-refractivity contribution in [2.75, 3.05) is 6.26 Å². The summed E-state index contributed by atoms with van der Waals surface area (Å²) in [7, 11) is 0. The van der Waals surface area contributed by atoms with Gasteiger partial charge in [0, 0.05) is 5.25 Å². The fourth-order valence-electron chi connectivity index (χ4n) is 1.98. The van der Waals surface area contributed by atoms with Crippen LogP contribution in [0.4, 0.5) is 0 Å². The van der Waals surface area contributed by atoms with Crippen LogP contribution in [0.2, 0.25) is 0 Å². The van der Waals surface area contributed by atoms with Crippen LogP contribution in [-0.2, 0) is 12.8 Å². The number of aliphatic hydroxyl groups is 1. The summed E-state index contributed by atoms with van der Waals surface area (Å²) in [5.74, 6) is 0.369. The van der Waals surface area contributed by atoms with Gasteiger partial charge in [-0.2, -0.15) is 11.8 Å². The van der Waals surface area contributed by atoms with Gasteiger partial charge in [-0.25, -0.2) is 0 Å². The highest BCUT2D eigenvalue weighted by Gasteiger charge is 2.27. The largest absolute Gasteiger partial charge is 0.508 e. The molecule has 76 valence electrons. The van der Waals surface area contributed by atoms with E-state index >= 15 is 0 Å². The van der Waals surface area contributed by atoms with Crippen LogP contribution in [0, 0.1) is 0 Å². The molecule has 14 heavy (non-hydrogen) atoms. The molecule has 0 amide bonds. The van der Waals surface area contributed by atoms with Gasteiger partial charge in [0.2, 0.25) is 0 Å². The van der Waals surface area contributed by atoms with Gasteiger partial charge in [0.1, 0.15) is 5.75 Å². The van der Waals surface area contributed by atoms with Gasteiger partial charge >= 0.3 is 0 Å². The van der Waals surface area contributed by atoms with Crippen molar-refractivity contribution in [3.05, 3.63) is 29.3 Å². The van der Waals surface area contributed by atoms with Gasteiger partial charge in [-0.1, -0.05) is 12.1 Å². The molecule has 2 nitrogen and oxygen atoms in total. The molecule has 2 atom stereocenters. The molecule has 0 aromatic heterocycles. The first-order valence-electron chi connectivity index (χ1n) is 4.73. The summed E-state index contributed by atoms with van der Waals surface area (Å²) in [4.78, 5) is 0. The average Bonchev–Trinajstić information content (AvgIpc) is 2.17. The molecule has 0 saturated heterocycles. The molecule has 0 radical (unpaired) electrons. The van der Waals surface area contributed by atoms with Crippen molar-refractivity contribution in [3.63, 3.8) is 0 Å². The predicted molar refractivity (Wildman–Crippen MR) is 58.8 cm³/mol. The zero-order valence-corrected chi connectivity index (χ0v) is 8.92. The third-order valence-electron chi connectivity index (χ3n) is 2.81. The number of benzene rings is 1. The molecule has 0 unspecified atom stereocenters. The second-order valence-corrected chi connectivity index (χ2v) is 4.74. The number of phenols is 1. The predicted octanol–water partition coefficient (Wildman–Crippen LogP) is 1.58. The van der Waals surface area contributed by atoms with E-state index in [-0.39, 0.29) is 11.4 Å². The number of rotatable bonds is 1. The van der Waals surface area contributed by atoms with Crippen molar-refractivity contribution in [1.82, 2.24) is 0 Å². The number of aromatic hydroxyl groups is 1. The number of thioether (sulfide) groups is 1. The number of phenolic OH excluding ortho intramolecular Hbond substituents is 1. The highest BCUT2D eigenvalue weighted by atomic mass is 32.2. The van der Waals surface area contributed by atoms with Crippen molar-refractivity contribution in [2.24, 2.45) is 0 Å². The number of hydrogen-bond acceptors (Lipinski definition) is 3. The van der Waals surface area contributed by atoms with Gasteiger partial charge in [0.05, 0.1) is 6.10 Å². The van der Waals surface area contributed by atoms with Gasteiger partial charge in [0.25, 0.3) is 0 Å². The molecule has 1 aliphatic rings. The lowest BCUT2D eigenvalue weighted by Gasteiger charge is -2.28. The Hall–Kier alpha value is -0.670. The molecular formula is C11H14O2S. The molecule has 0 heterocycles. The lowest BCUT2D eigenvalue weighted by atomic mass is 9.89. The van der Waals surface area contributed by atoms with Gasteiger partial charge < -0.3 is 10.2 Å². The smallest absolute Gasteiger partial charge is 0.119 e. The fourth-order valence-corrected chi connectivity index (χ4v) is 2.73. The summed E-state index contributed by atoms with van der Waals surface area (Å²) in [5.41, 5.74) is 2.10. The van der Waals surface area contributed by atoms with Gasteiger partial charge in [-0.15, -0.1) is 0 Å². The Morgan fingerprint density at radius 3 is 2.86 bits per heavy atom. The first kappa shape index (κ1) is 9.87. The van der Waals surface area contributed by atoms with Crippen molar-refractivity contribution in [3.8, 4) is 5.75 Å². The monoisotopic (exact) mass is 210 g/mol. The zero-order valence-electron chi connectivity index (χ0n) is 8.10. The summed E-state index contributed by atoms with van der Waals surface area (Å²) in [6.07, 6.45) is 3.15. The number of hydrogen-bond donors (Lipinski definition) is 2. The van der Waals surface area contributed by atoms with Crippen molar-refractivity contribution >= 4 is 11.8 Å². The maximum atomic E-state index is 9.80. The van der Waals surface area contributed by atoms with Crippen LogP contribution < -0.4 is 0 Å². The van der Waals surface area contributed by atoms with E-state index in [1.165, 1.54) is 0 Å². The van der Waals surface area contributed by atoms with E-state index < -0.39 is 0 Å². The minimum Gasteiger partial charge on any atom is -0.508 e. The summed E-state index contributed by atoms with van der Waals surface area (Å²) in [6.45, 7) is 0. The summed E-state index contributed by atoms with van der Waals surface area (Å²) < 4.78 is 0. The van der Waals surface area contributed by atoms with E-state index in [0.29, 0.717) is 12.2 Å². The fraction of sp³-hybridized carbons (Fsp3) is 0.455. The Kier molecular flexibility index (Phi) is 2.70. The van der Waals surface area contributed by atoms with Gasteiger partial charge in [-0.05, 0) is 36.3 Å². The highest BCUT2D eigenvalue weighted by Crippen LogP contribution is 2.32. The summed E-state index contributed by atoms with van der Waals surface area (Å²) >= 11 is 1.67. The Morgan fingerprint density at radius 2 is 2.14 bits per heavy atom. The maximum Gasteiger partial charge on any atom is 0.119 e. The van der Waals surface area contributed by atoms with Crippen LogP contribution in [0.1, 0.15) is 11.1 Å². The first-order chi connectivity index (χ1) is 6.72. The molecule has 1 aromatic carbocycles. The third-order valence-corrected chi connectivity index (χ3v) is 3.90. The first-order valence-corrected chi connectivity index (χ1v) is 6.01. The van der Waals surface area contributed by atoms with E-state index in [0.717, 1.165) is 17.5 Å². The van der Waals surface area contributed by atoms with E-state index in [9.17, 15) is 10.2 Å². The van der Waals surface area contributed by atoms with Crippen LogP contribution in [0.15, 0.2) is 18.2 Å². The Balaban J connectivity index is 2.36. The maximum absolute atomic E-state index is 9.80. The average molecular weight is 210 g/mol. The molecule has 0 spiro atoms. The molecule has 0 saturated carbocycles. The number of aliphatic hydroxyl groups excluding tert-OH is 1. The summed E-state index contributed by atoms with van der Waals surface area (Å²) in [6, 6.07) is 5.53. The quantitative estimate of drug-likeness (QED) is 0.739. The number of fused-ring (bicyclic) bond motifs is 1. The standard InChI is InChI=1S/C11H14O2S/c1-14-11-6-8-7(5-10(11)13)3-2-4-9(8)12/h2-4,10-13H,5-6H2,1H3/t10-,11-/m1/s1. The SMILES string of the molecule is CS[C@@H]1Cc2c(O)cccc2C[C@H]1O. The molecule has 0 aliphatic heterocycles.